The number of hydrogen-bond donors (Lipinski definition) is 3. The van der Waals surface area contributed by atoms with Crippen molar-refractivity contribution < 1.29 is 31.1 Å². The van der Waals surface area contributed by atoms with Gasteiger partial charge in [0.25, 0.3) is 10.2 Å². The van der Waals surface area contributed by atoms with Crippen LogP contribution in [-0.4, -0.2) is 45.1 Å². The summed E-state index contributed by atoms with van der Waals surface area (Å²) in [4.78, 5) is 13.3. The zero-order chi connectivity index (χ0) is 24.2. The Morgan fingerprint density at radius 2 is 1.79 bits per heavy atom. The first-order valence-corrected chi connectivity index (χ1v) is 12.6. The molecule has 1 aliphatic heterocycles. The summed E-state index contributed by atoms with van der Waals surface area (Å²) in [6.07, 6.45) is 0.227. The maximum Gasteiger partial charge on any atom is 0.409 e. The van der Waals surface area contributed by atoms with E-state index in [4.69, 9.17) is 4.74 Å². The van der Waals surface area contributed by atoms with Crippen molar-refractivity contribution in [1.82, 2.24) is 9.62 Å². The molecule has 33 heavy (non-hydrogen) atoms. The summed E-state index contributed by atoms with van der Waals surface area (Å²) in [6.45, 7) is 2.54. The second-order valence-electron chi connectivity index (χ2n) is 7.22. The highest BCUT2D eigenvalue weighted by atomic mass is 127. The van der Waals surface area contributed by atoms with E-state index in [1.54, 1.807) is 13.0 Å². The minimum atomic E-state index is -4.20. The molecule has 1 aliphatic rings. The largest absolute Gasteiger partial charge is 0.450 e. The van der Waals surface area contributed by atoms with E-state index in [2.05, 4.69) is 14.8 Å². The molecule has 1 saturated heterocycles. The molecule has 0 aliphatic carbocycles. The molecule has 2 aromatic carbocycles. The molecule has 0 aromatic heterocycles. The minimum absolute atomic E-state index is 0.153. The predicted octanol–water partition coefficient (Wildman–Crippen LogP) is 4.32. The van der Waals surface area contributed by atoms with Gasteiger partial charge in [-0.1, -0.05) is 0 Å². The number of ether oxygens (including phenoxy) is 1. The monoisotopic (exact) mass is 598 g/mol. The van der Waals surface area contributed by atoms with Crippen molar-refractivity contribution in [2.75, 3.05) is 29.7 Å². The van der Waals surface area contributed by atoms with Gasteiger partial charge in [0.2, 0.25) is 0 Å². The fourth-order valence-corrected chi connectivity index (χ4v) is 4.92. The minimum Gasteiger partial charge on any atom is -0.450 e. The Labute approximate surface area is 203 Å². The number of amides is 1. The highest BCUT2D eigenvalue weighted by Crippen LogP contribution is 2.32. The van der Waals surface area contributed by atoms with E-state index in [1.807, 2.05) is 22.6 Å². The van der Waals surface area contributed by atoms with E-state index in [1.165, 1.54) is 17.0 Å². The first kappa shape index (κ1) is 25.4. The fourth-order valence-electron chi connectivity index (χ4n) is 3.27. The van der Waals surface area contributed by atoms with Crippen molar-refractivity contribution >= 4 is 56.0 Å². The van der Waals surface area contributed by atoms with Crippen molar-refractivity contribution in [3.63, 3.8) is 0 Å². The van der Waals surface area contributed by atoms with Crippen LogP contribution in [-0.2, 0) is 14.9 Å². The average Bonchev–Trinajstić information content (AvgIpc) is 2.75. The Bertz CT molecular complexity index is 1130. The Hall–Kier alpha value is -2.26. The van der Waals surface area contributed by atoms with Crippen LogP contribution in [0.15, 0.2) is 30.3 Å². The van der Waals surface area contributed by atoms with Crippen LogP contribution in [0.25, 0.3) is 0 Å². The third-order valence-electron chi connectivity index (χ3n) is 4.87. The molecule has 0 bridgehead atoms. The van der Waals surface area contributed by atoms with Gasteiger partial charge < -0.3 is 15.0 Å². The van der Waals surface area contributed by atoms with Crippen molar-refractivity contribution in [2.24, 2.45) is 0 Å². The van der Waals surface area contributed by atoms with Crippen LogP contribution in [0, 0.1) is 21.0 Å². The molecule has 1 heterocycles. The van der Waals surface area contributed by atoms with Crippen LogP contribution in [0.4, 0.5) is 35.0 Å². The van der Waals surface area contributed by atoms with Gasteiger partial charge in [0.1, 0.15) is 11.5 Å². The molecule has 1 fully saturated rings. The molecule has 3 rings (SSSR count). The first-order valence-electron chi connectivity index (χ1n) is 10.0. The zero-order valence-corrected chi connectivity index (χ0v) is 20.5. The number of halogens is 4. The van der Waals surface area contributed by atoms with Crippen molar-refractivity contribution in [3.05, 3.63) is 51.4 Å². The Balaban J connectivity index is 1.73. The van der Waals surface area contributed by atoms with Gasteiger partial charge >= 0.3 is 6.09 Å². The van der Waals surface area contributed by atoms with Crippen LogP contribution in [0.1, 0.15) is 19.8 Å². The quantitative estimate of drug-likeness (QED) is 0.413. The van der Waals surface area contributed by atoms with Crippen LogP contribution >= 0.6 is 22.6 Å². The number of hydrogen-bond acceptors (Lipinski definition) is 5. The van der Waals surface area contributed by atoms with Crippen LogP contribution in [0.5, 0.6) is 0 Å². The molecule has 0 saturated carbocycles. The Kier molecular flexibility index (Phi) is 8.28. The maximum absolute atomic E-state index is 14.5. The number of rotatable bonds is 7. The number of piperidine rings is 1. The summed E-state index contributed by atoms with van der Waals surface area (Å²) < 4.78 is 78.0. The van der Waals surface area contributed by atoms with Gasteiger partial charge in [-0.05, 0) is 72.7 Å². The summed E-state index contributed by atoms with van der Waals surface area (Å²) >= 11 is 1.89. The predicted molar refractivity (Wildman–Crippen MR) is 126 cm³/mol. The molecule has 8 nitrogen and oxygen atoms in total. The summed E-state index contributed by atoms with van der Waals surface area (Å²) in [5, 5.41) is 2.43. The standard InChI is InChI=1S/C20H22F3IN4O4S/c1-2-32-20(29)28-9-7-13(8-10-28)26-33(30,31)27-17-6-4-14(21)18(23)19(17)25-16-5-3-12(24)11-15(16)22/h3-6,11,13,25-27H,2,7-10H2,1H3. The topological polar surface area (TPSA) is 99.8 Å². The van der Waals surface area contributed by atoms with E-state index in [0.717, 1.165) is 12.1 Å². The molecular weight excluding hydrogens is 576 g/mol. The van der Waals surface area contributed by atoms with Gasteiger partial charge in [-0.25, -0.2) is 18.0 Å². The smallest absolute Gasteiger partial charge is 0.409 e. The molecule has 180 valence electrons. The van der Waals surface area contributed by atoms with Crippen LogP contribution in [0.3, 0.4) is 0 Å². The van der Waals surface area contributed by atoms with Crippen molar-refractivity contribution in [1.29, 1.82) is 0 Å². The summed E-state index contributed by atoms with van der Waals surface area (Å²) in [5.41, 5.74) is -1.01. The highest BCUT2D eigenvalue weighted by Gasteiger charge is 2.27. The average molecular weight is 598 g/mol. The SMILES string of the molecule is CCOC(=O)N1CCC(NS(=O)(=O)Nc2ccc(F)c(F)c2Nc2ccc(I)cc2F)CC1. The van der Waals surface area contributed by atoms with E-state index in [9.17, 15) is 26.4 Å². The highest BCUT2D eigenvalue weighted by molar-refractivity contribution is 14.1. The van der Waals surface area contributed by atoms with E-state index < -0.39 is 45.5 Å². The number of benzene rings is 2. The molecular formula is C20H22F3IN4O4S. The van der Waals surface area contributed by atoms with Crippen LogP contribution in [0.2, 0.25) is 0 Å². The lowest BCUT2D eigenvalue weighted by Crippen LogP contribution is -2.47. The molecule has 0 radical (unpaired) electrons. The first-order chi connectivity index (χ1) is 15.6. The van der Waals surface area contributed by atoms with Gasteiger partial charge in [-0.3, -0.25) is 4.72 Å². The van der Waals surface area contributed by atoms with E-state index >= 15 is 0 Å². The van der Waals surface area contributed by atoms with Crippen molar-refractivity contribution in [2.45, 2.75) is 25.8 Å². The molecule has 0 atom stereocenters. The van der Waals surface area contributed by atoms with Crippen LogP contribution < -0.4 is 14.8 Å². The van der Waals surface area contributed by atoms with Gasteiger partial charge in [-0.2, -0.15) is 13.1 Å². The Morgan fingerprint density at radius 1 is 1.12 bits per heavy atom. The number of anilines is 3. The molecule has 1 amide bonds. The fraction of sp³-hybridized carbons (Fsp3) is 0.350. The normalized spacial score (nSPS) is 14.8. The summed E-state index contributed by atoms with van der Waals surface area (Å²) in [5.74, 6) is -3.31. The third kappa shape index (κ3) is 6.63. The lowest BCUT2D eigenvalue weighted by atomic mass is 10.1. The number of carbonyl (C=O) groups is 1. The van der Waals surface area contributed by atoms with Gasteiger partial charge in [-0.15, -0.1) is 0 Å². The second kappa shape index (κ2) is 10.8. The molecule has 2 aromatic rings. The summed E-state index contributed by atoms with van der Waals surface area (Å²) in [7, 11) is -4.20. The third-order valence-corrected chi connectivity index (χ3v) is 6.68. The van der Waals surface area contributed by atoms with Crippen molar-refractivity contribution in [3.8, 4) is 0 Å². The number of likely N-dealkylation sites (tertiary alicyclic amines) is 1. The molecule has 0 unspecified atom stereocenters. The lowest BCUT2D eigenvalue weighted by molar-refractivity contribution is 0.0966. The molecule has 13 heteroatoms. The second-order valence-corrected chi connectivity index (χ2v) is 9.91. The number of nitrogens with one attached hydrogen (secondary N) is 3. The van der Waals surface area contributed by atoms with Gasteiger partial charge in [0.05, 0.1) is 18.0 Å². The number of nitrogens with zero attached hydrogens (tertiary/aromatic N) is 1. The zero-order valence-electron chi connectivity index (χ0n) is 17.5. The maximum atomic E-state index is 14.5. The van der Waals surface area contributed by atoms with E-state index in [-0.39, 0.29) is 18.0 Å². The summed E-state index contributed by atoms with van der Waals surface area (Å²) in [6, 6.07) is 5.39. The molecule has 0 spiro atoms. The van der Waals surface area contributed by atoms with E-state index in [0.29, 0.717) is 29.5 Å². The van der Waals surface area contributed by atoms with Gasteiger partial charge in [0.15, 0.2) is 11.6 Å². The number of carbonyl (C=O) groups excluding carboxylic acids is 1. The molecule has 3 N–H and O–H groups in total. The Morgan fingerprint density at radius 3 is 2.42 bits per heavy atom. The van der Waals surface area contributed by atoms with Gasteiger partial charge in [0, 0.05) is 22.7 Å². The lowest BCUT2D eigenvalue weighted by Gasteiger charge is -2.31.